The zero-order valence-corrected chi connectivity index (χ0v) is 17.9. The van der Waals surface area contributed by atoms with Gasteiger partial charge in [0.15, 0.2) is 5.11 Å². The maximum atomic E-state index is 12.4. The third-order valence-electron chi connectivity index (χ3n) is 4.91. The van der Waals surface area contributed by atoms with Gasteiger partial charge in [0.1, 0.15) is 5.00 Å². The second-order valence-corrected chi connectivity index (χ2v) is 8.62. The molecular weight excluding hydrogens is 364 g/mol. The SMILES string of the molecule is CCCCCC(C)NC(=S)Nc1sc2c(c1C(=O)OC)CCCCCC2. The van der Waals surface area contributed by atoms with Crippen molar-refractivity contribution >= 4 is 39.6 Å². The summed E-state index contributed by atoms with van der Waals surface area (Å²) in [6, 6.07) is 0.323. The molecule has 0 bridgehead atoms. The quantitative estimate of drug-likeness (QED) is 0.365. The summed E-state index contributed by atoms with van der Waals surface area (Å²) in [5.41, 5.74) is 1.86. The molecule has 0 saturated carbocycles. The molecule has 4 nitrogen and oxygen atoms in total. The van der Waals surface area contributed by atoms with Crippen LogP contribution in [0.1, 0.15) is 86.0 Å². The summed E-state index contributed by atoms with van der Waals surface area (Å²) >= 11 is 7.17. The van der Waals surface area contributed by atoms with Gasteiger partial charge in [0, 0.05) is 10.9 Å². The fraction of sp³-hybridized carbons (Fsp3) is 0.700. The topological polar surface area (TPSA) is 50.4 Å². The van der Waals surface area contributed by atoms with Crippen LogP contribution < -0.4 is 10.6 Å². The van der Waals surface area contributed by atoms with E-state index in [0.29, 0.717) is 16.7 Å². The summed E-state index contributed by atoms with van der Waals surface area (Å²) in [5, 5.41) is 8.06. The summed E-state index contributed by atoms with van der Waals surface area (Å²) in [7, 11) is 1.45. The van der Waals surface area contributed by atoms with Crippen molar-refractivity contribution in [3.8, 4) is 0 Å². The van der Waals surface area contributed by atoms with Crippen LogP contribution in [-0.2, 0) is 17.6 Å². The monoisotopic (exact) mass is 396 g/mol. The highest BCUT2D eigenvalue weighted by Crippen LogP contribution is 2.37. The Bertz CT molecular complexity index is 613. The Kier molecular flexibility index (Phi) is 8.85. The van der Waals surface area contributed by atoms with Crippen LogP contribution in [-0.4, -0.2) is 24.2 Å². The fourth-order valence-electron chi connectivity index (χ4n) is 3.46. The predicted octanol–water partition coefficient (Wildman–Crippen LogP) is 5.45. The molecule has 146 valence electrons. The molecule has 2 rings (SSSR count). The van der Waals surface area contributed by atoms with Gasteiger partial charge in [-0.15, -0.1) is 11.3 Å². The lowest BCUT2D eigenvalue weighted by molar-refractivity contribution is 0.0601. The van der Waals surface area contributed by atoms with Crippen LogP contribution in [0.15, 0.2) is 0 Å². The lowest BCUT2D eigenvalue weighted by atomic mass is 9.96. The number of nitrogens with one attached hydrogen (secondary N) is 2. The van der Waals surface area contributed by atoms with Gasteiger partial charge in [0.25, 0.3) is 0 Å². The van der Waals surface area contributed by atoms with Crippen LogP contribution in [0.3, 0.4) is 0 Å². The lowest BCUT2D eigenvalue weighted by Gasteiger charge is -2.17. The van der Waals surface area contributed by atoms with Gasteiger partial charge in [-0.3, -0.25) is 0 Å². The molecule has 1 aromatic rings. The van der Waals surface area contributed by atoms with E-state index < -0.39 is 0 Å². The molecule has 1 atom stereocenters. The minimum Gasteiger partial charge on any atom is -0.465 e. The van der Waals surface area contributed by atoms with Crippen molar-refractivity contribution in [3.63, 3.8) is 0 Å². The molecule has 1 aromatic heterocycles. The Morgan fingerprint density at radius 2 is 1.96 bits per heavy atom. The van der Waals surface area contributed by atoms with E-state index >= 15 is 0 Å². The third kappa shape index (κ3) is 5.95. The predicted molar refractivity (Wildman–Crippen MR) is 114 cm³/mol. The number of carbonyl (C=O) groups excluding carboxylic acids is 1. The zero-order valence-electron chi connectivity index (χ0n) is 16.3. The molecule has 2 N–H and O–H groups in total. The van der Waals surface area contributed by atoms with Crippen molar-refractivity contribution in [1.29, 1.82) is 0 Å². The second-order valence-electron chi connectivity index (χ2n) is 7.11. The molecule has 0 amide bonds. The molecule has 6 heteroatoms. The molecule has 1 unspecified atom stereocenters. The zero-order chi connectivity index (χ0) is 18.9. The molecule has 0 spiro atoms. The highest BCUT2D eigenvalue weighted by Gasteiger charge is 2.25. The summed E-state index contributed by atoms with van der Waals surface area (Å²) < 4.78 is 5.07. The standard InChI is InChI=1S/C20H32N2O2S2/c1-4-5-8-11-14(2)21-20(25)22-18-17(19(23)24-3)15-12-9-6-7-10-13-16(15)26-18/h14H,4-13H2,1-3H3,(H2,21,22,25). The van der Waals surface area contributed by atoms with Crippen LogP contribution >= 0.6 is 23.6 Å². The number of hydrogen-bond donors (Lipinski definition) is 2. The number of aryl methyl sites for hydroxylation is 1. The largest absolute Gasteiger partial charge is 0.465 e. The molecule has 0 aliphatic heterocycles. The first-order valence-corrected chi connectivity index (χ1v) is 11.1. The maximum absolute atomic E-state index is 12.4. The number of fused-ring (bicyclic) bond motifs is 1. The molecule has 0 radical (unpaired) electrons. The number of thiocarbonyl (C=S) groups is 1. The smallest absolute Gasteiger partial charge is 0.341 e. The van der Waals surface area contributed by atoms with Crippen molar-refractivity contribution in [3.05, 3.63) is 16.0 Å². The Balaban J connectivity index is 2.10. The first-order valence-electron chi connectivity index (χ1n) is 9.87. The van der Waals surface area contributed by atoms with Crippen molar-refractivity contribution in [2.75, 3.05) is 12.4 Å². The van der Waals surface area contributed by atoms with Crippen molar-refractivity contribution < 1.29 is 9.53 Å². The van der Waals surface area contributed by atoms with E-state index in [-0.39, 0.29) is 5.97 Å². The normalized spacial score (nSPS) is 15.3. The number of carbonyl (C=O) groups is 1. The number of anilines is 1. The lowest BCUT2D eigenvalue weighted by Crippen LogP contribution is -2.36. The molecule has 0 saturated heterocycles. The van der Waals surface area contributed by atoms with Crippen LogP contribution in [0.2, 0.25) is 0 Å². The number of unbranched alkanes of at least 4 members (excludes halogenated alkanes) is 2. The number of ether oxygens (including phenoxy) is 1. The first kappa shape index (κ1) is 21.2. The fourth-order valence-corrected chi connectivity index (χ4v) is 5.11. The van der Waals surface area contributed by atoms with Gasteiger partial charge in [-0.05, 0) is 56.8 Å². The third-order valence-corrected chi connectivity index (χ3v) is 6.33. The van der Waals surface area contributed by atoms with Gasteiger partial charge >= 0.3 is 5.97 Å². The molecule has 0 aromatic carbocycles. The maximum Gasteiger partial charge on any atom is 0.341 e. The summed E-state index contributed by atoms with van der Waals surface area (Å²) in [4.78, 5) is 13.7. The van der Waals surface area contributed by atoms with Crippen LogP contribution in [0.4, 0.5) is 5.00 Å². The van der Waals surface area contributed by atoms with Crippen molar-refractivity contribution in [1.82, 2.24) is 5.32 Å². The highest BCUT2D eigenvalue weighted by molar-refractivity contribution is 7.80. The number of methoxy groups -OCH3 is 1. The Morgan fingerprint density at radius 3 is 2.65 bits per heavy atom. The van der Waals surface area contributed by atoms with Crippen LogP contribution in [0, 0.1) is 0 Å². The Morgan fingerprint density at radius 1 is 1.23 bits per heavy atom. The van der Waals surface area contributed by atoms with E-state index in [9.17, 15) is 4.79 Å². The highest BCUT2D eigenvalue weighted by atomic mass is 32.1. The van der Waals surface area contributed by atoms with E-state index in [0.717, 1.165) is 30.7 Å². The van der Waals surface area contributed by atoms with Gasteiger partial charge in [-0.25, -0.2) is 4.79 Å². The van der Waals surface area contributed by atoms with Gasteiger partial charge < -0.3 is 15.4 Å². The molecule has 1 aliphatic rings. The number of hydrogen-bond acceptors (Lipinski definition) is 4. The van der Waals surface area contributed by atoms with Gasteiger partial charge in [0.05, 0.1) is 12.7 Å². The van der Waals surface area contributed by atoms with Gasteiger partial charge in [0.2, 0.25) is 0 Å². The van der Waals surface area contributed by atoms with E-state index in [4.69, 9.17) is 17.0 Å². The number of rotatable bonds is 7. The minimum absolute atomic E-state index is 0.260. The van der Waals surface area contributed by atoms with Crippen LogP contribution in [0.25, 0.3) is 0 Å². The minimum atomic E-state index is -0.260. The summed E-state index contributed by atoms with van der Waals surface area (Å²) in [5.74, 6) is -0.260. The molecule has 0 fully saturated rings. The molecule has 26 heavy (non-hydrogen) atoms. The van der Waals surface area contributed by atoms with Crippen molar-refractivity contribution in [2.24, 2.45) is 0 Å². The Hall–Kier alpha value is -1.14. The van der Waals surface area contributed by atoms with E-state index in [1.54, 1.807) is 11.3 Å². The molecule has 1 aliphatic carbocycles. The molecule has 1 heterocycles. The van der Waals surface area contributed by atoms with E-state index in [1.165, 1.54) is 56.1 Å². The van der Waals surface area contributed by atoms with Crippen molar-refractivity contribution in [2.45, 2.75) is 84.1 Å². The van der Waals surface area contributed by atoms with Gasteiger partial charge in [-0.2, -0.15) is 0 Å². The Labute approximate surface area is 167 Å². The average Bonchev–Trinajstić information content (AvgIpc) is 2.90. The summed E-state index contributed by atoms with van der Waals surface area (Å²) in [6.07, 6.45) is 11.6. The summed E-state index contributed by atoms with van der Waals surface area (Å²) in [6.45, 7) is 4.36. The average molecular weight is 397 g/mol. The first-order chi connectivity index (χ1) is 12.6. The van der Waals surface area contributed by atoms with E-state index in [2.05, 4.69) is 24.5 Å². The van der Waals surface area contributed by atoms with Crippen LogP contribution in [0.5, 0.6) is 0 Å². The van der Waals surface area contributed by atoms with E-state index in [1.807, 2.05) is 0 Å². The second kappa shape index (κ2) is 10.9. The number of thiophene rings is 1. The van der Waals surface area contributed by atoms with Gasteiger partial charge in [-0.1, -0.05) is 39.0 Å². The number of esters is 1. The molecular formula is C20H32N2O2S2.